The van der Waals surface area contributed by atoms with Gasteiger partial charge in [-0.2, -0.15) is 0 Å². The Kier molecular flexibility index (Phi) is 6.19. The van der Waals surface area contributed by atoms with Gasteiger partial charge in [-0.15, -0.1) is 0 Å². The zero-order valence-corrected chi connectivity index (χ0v) is 17.8. The van der Waals surface area contributed by atoms with Crippen molar-refractivity contribution in [3.05, 3.63) is 95.8 Å². The van der Waals surface area contributed by atoms with Crippen LogP contribution in [0.25, 0.3) is 11.1 Å². The SMILES string of the molecule is CC(c1ccc(-c2ccc(F)cc2)cc1)N1CCC(CCO)(c2ccccc2)CC1=O. The van der Waals surface area contributed by atoms with Crippen LogP contribution >= 0.6 is 0 Å². The van der Waals surface area contributed by atoms with E-state index in [9.17, 15) is 14.3 Å². The van der Waals surface area contributed by atoms with E-state index in [0.717, 1.165) is 28.7 Å². The number of hydrogen-bond acceptors (Lipinski definition) is 2. The fraction of sp³-hybridized carbons (Fsp3) is 0.296. The van der Waals surface area contributed by atoms with E-state index in [1.807, 2.05) is 47.4 Å². The molecular weight excluding hydrogens is 389 g/mol. The van der Waals surface area contributed by atoms with Crippen molar-refractivity contribution in [1.82, 2.24) is 4.90 Å². The summed E-state index contributed by atoms with van der Waals surface area (Å²) in [6, 6.07) is 24.7. The first-order valence-corrected chi connectivity index (χ1v) is 10.8. The summed E-state index contributed by atoms with van der Waals surface area (Å²) in [5, 5.41) is 9.67. The Morgan fingerprint density at radius 1 is 0.968 bits per heavy atom. The number of piperidine rings is 1. The van der Waals surface area contributed by atoms with Gasteiger partial charge in [-0.3, -0.25) is 4.79 Å². The van der Waals surface area contributed by atoms with Crippen LogP contribution in [0.1, 0.15) is 43.4 Å². The van der Waals surface area contributed by atoms with Crippen LogP contribution in [-0.4, -0.2) is 29.1 Å². The number of amides is 1. The van der Waals surface area contributed by atoms with Gasteiger partial charge in [0.2, 0.25) is 5.91 Å². The summed E-state index contributed by atoms with van der Waals surface area (Å²) in [5.74, 6) is -0.121. The molecule has 2 unspecified atom stereocenters. The first-order valence-electron chi connectivity index (χ1n) is 10.8. The number of benzene rings is 3. The highest BCUT2D eigenvalue weighted by atomic mass is 19.1. The van der Waals surface area contributed by atoms with Gasteiger partial charge in [0.15, 0.2) is 0 Å². The molecular formula is C27H28FNO2. The van der Waals surface area contributed by atoms with Crippen LogP contribution in [0.5, 0.6) is 0 Å². The van der Waals surface area contributed by atoms with Gasteiger partial charge in [-0.05, 0) is 54.2 Å². The summed E-state index contributed by atoms with van der Waals surface area (Å²) >= 11 is 0. The maximum absolute atomic E-state index is 13.2. The maximum Gasteiger partial charge on any atom is 0.223 e. The van der Waals surface area contributed by atoms with Gasteiger partial charge in [-0.1, -0.05) is 66.7 Å². The molecule has 0 saturated carbocycles. The summed E-state index contributed by atoms with van der Waals surface area (Å²) in [6.45, 7) is 2.80. The summed E-state index contributed by atoms with van der Waals surface area (Å²) in [4.78, 5) is 15.2. The Labute approximate surface area is 183 Å². The molecule has 0 aromatic heterocycles. The molecule has 3 nitrogen and oxygen atoms in total. The number of aliphatic hydroxyl groups excluding tert-OH is 1. The zero-order valence-electron chi connectivity index (χ0n) is 17.8. The van der Waals surface area contributed by atoms with Crippen LogP contribution in [-0.2, 0) is 10.2 Å². The van der Waals surface area contributed by atoms with Crippen molar-refractivity contribution in [3.8, 4) is 11.1 Å². The second-order valence-electron chi connectivity index (χ2n) is 8.44. The smallest absolute Gasteiger partial charge is 0.223 e. The number of hydrogen-bond donors (Lipinski definition) is 1. The predicted molar refractivity (Wildman–Crippen MR) is 121 cm³/mol. The zero-order chi connectivity index (χ0) is 21.8. The lowest BCUT2D eigenvalue weighted by Gasteiger charge is -2.43. The van der Waals surface area contributed by atoms with Crippen LogP contribution in [0, 0.1) is 5.82 Å². The van der Waals surface area contributed by atoms with Crippen molar-refractivity contribution in [2.45, 2.75) is 37.6 Å². The molecule has 1 N–H and O–H groups in total. The van der Waals surface area contributed by atoms with E-state index in [2.05, 4.69) is 19.1 Å². The fourth-order valence-corrected chi connectivity index (χ4v) is 4.73. The summed E-state index contributed by atoms with van der Waals surface area (Å²) < 4.78 is 13.2. The molecule has 31 heavy (non-hydrogen) atoms. The molecule has 3 aromatic rings. The number of rotatable bonds is 6. The lowest BCUT2D eigenvalue weighted by Crippen LogP contribution is -2.47. The molecule has 1 aliphatic rings. The monoisotopic (exact) mass is 417 g/mol. The Balaban J connectivity index is 1.50. The number of aliphatic hydroxyl groups is 1. The molecule has 1 fully saturated rings. The van der Waals surface area contributed by atoms with E-state index >= 15 is 0 Å². The summed E-state index contributed by atoms with van der Waals surface area (Å²) in [5.41, 5.74) is 3.90. The van der Waals surface area contributed by atoms with Gasteiger partial charge in [0, 0.05) is 25.0 Å². The molecule has 0 spiro atoms. The van der Waals surface area contributed by atoms with E-state index in [-0.39, 0.29) is 29.8 Å². The van der Waals surface area contributed by atoms with Crippen molar-refractivity contribution in [3.63, 3.8) is 0 Å². The van der Waals surface area contributed by atoms with E-state index in [0.29, 0.717) is 19.4 Å². The summed E-state index contributed by atoms with van der Waals surface area (Å²) in [7, 11) is 0. The molecule has 1 aliphatic heterocycles. The topological polar surface area (TPSA) is 40.5 Å². The minimum absolute atomic E-state index is 0.0299. The molecule has 0 aliphatic carbocycles. The Morgan fingerprint density at radius 2 is 1.58 bits per heavy atom. The molecule has 1 heterocycles. The fourth-order valence-electron chi connectivity index (χ4n) is 4.73. The molecule has 1 amide bonds. The minimum atomic E-state index is -0.296. The molecule has 1 saturated heterocycles. The van der Waals surface area contributed by atoms with E-state index in [1.54, 1.807) is 12.1 Å². The lowest BCUT2D eigenvalue weighted by atomic mass is 9.70. The van der Waals surface area contributed by atoms with E-state index in [4.69, 9.17) is 0 Å². The van der Waals surface area contributed by atoms with Crippen LogP contribution < -0.4 is 0 Å². The molecule has 2 atom stereocenters. The highest BCUT2D eigenvalue weighted by molar-refractivity contribution is 5.79. The highest BCUT2D eigenvalue weighted by Gasteiger charge is 2.41. The van der Waals surface area contributed by atoms with Gasteiger partial charge in [0.25, 0.3) is 0 Å². The minimum Gasteiger partial charge on any atom is -0.396 e. The summed E-state index contributed by atoms with van der Waals surface area (Å²) in [6.07, 6.45) is 1.84. The molecule has 160 valence electrons. The Bertz CT molecular complexity index is 1020. The number of carbonyl (C=O) groups is 1. The molecule has 0 radical (unpaired) electrons. The molecule has 0 bridgehead atoms. The maximum atomic E-state index is 13.2. The third-order valence-corrected chi connectivity index (χ3v) is 6.66. The van der Waals surface area contributed by atoms with Crippen LogP contribution in [0.4, 0.5) is 4.39 Å². The van der Waals surface area contributed by atoms with Gasteiger partial charge in [0.1, 0.15) is 5.82 Å². The lowest BCUT2D eigenvalue weighted by molar-refractivity contribution is -0.138. The van der Waals surface area contributed by atoms with Gasteiger partial charge in [0.05, 0.1) is 6.04 Å². The van der Waals surface area contributed by atoms with E-state index < -0.39 is 0 Å². The number of likely N-dealkylation sites (tertiary alicyclic amines) is 1. The standard InChI is InChI=1S/C27H28FNO2/c1-20(21-7-9-22(10-8-21)23-11-13-25(28)14-12-23)29-17-15-27(16-18-30,19-26(29)31)24-5-3-2-4-6-24/h2-14,20,30H,15-19H2,1H3. The van der Waals surface area contributed by atoms with Gasteiger partial charge >= 0.3 is 0 Å². The predicted octanol–water partition coefficient (Wildman–Crippen LogP) is 5.50. The van der Waals surface area contributed by atoms with Crippen LogP contribution in [0.15, 0.2) is 78.9 Å². The van der Waals surface area contributed by atoms with Crippen molar-refractivity contribution < 1.29 is 14.3 Å². The Hall–Kier alpha value is -2.98. The third-order valence-electron chi connectivity index (χ3n) is 6.66. The molecule has 3 aromatic carbocycles. The average Bonchev–Trinajstić information content (AvgIpc) is 2.80. The first kappa shape index (κ1) is 21.3. The number of nitrogens with zero attached hydrogens (tertiary/aromatic N) is 1. The average molecular weight is 418 g/mol. The third kappa shape index (κ3) is 4.40. The number of halogens is 1. The van der Waals surface area contributed by atoms with Crippen molar-refractivity contribution in [2.24, 2.45) is 0 Å². The highest BCUT2D eigenvalue weighted by Crippen LogP contribution is 2.41. The van der Waals surface area contributed by atoms with Crippen LogP contribution in [0.2, 0.25) is 0 Å². The number of carbonyl (C=O) groups excluding carboxylic acids is 1. The van der Waals surface area contributed by atoms with E-state index in [1.165, 1.54) is 12.1 Å². The normalized spacial score (nSPS) is 20.0. The van der Waals surface area contributed by atoms with Crippen molar-refractivity contribution >= 4 is 5.91 Å². The largest absolute Gasteiger partial charge is 0.396 e. The Morgan fingerprint density at radius 3 is 2.16 bits per heavy atom. The van der Waals surface area contributed by atoms with Gasteiger partial charge in [-0.25, -0.2) is 4.39 Å². The van der Waals surface area contributed by atoms with Crippen LogP contribution in [0.3, 0.4) is 0 Å². The quantitative estimate of drug-likeness (QED) is 0.576. The van der Waals surface area contributed by atoms with Gasteiger partial charge < -0.3 is 10.0 Å². The second kappa shape index (κ2) is 9.03. The molecule has 4 heteroatoms. The molecule has 4 rings (SSSR count). The second-order valence-corrected chi connectivity index (χ2v) is 8.44. The first-order chi connectivity index (χ1) is 15.0. The van der Waals surface area contributed by atoms with Crippen molar-refractivity contribution in [1.29, 1.82) is 0 Å². The van der Waals surface area contributed by atoms with Crippen molar-refractivity contribution in [2.75, 3.05) is 13.2 Å².